The summed E-state index contributed by atoms with van der Waals surface area (Å²) in [7, 11) is 1.88. The van der Waals surface area contributed by atoms with E-state index >= 15 is 0 Å². The molecule has 1 aliphatic rings. The number of carbonyl (C=O) groups excluding carboxylic acids is 1. The fourth-order valence-electron chi connectivity index (χ4n) is 3.52. The van der Waals surface area contributed by atoms with Gasteiger partial charge in [-0.1, -0.05) is 26.0 Å². The quantitative estimate of drug-likeness (QED) is 0.929. The minimum Gasteiger partial charge on any atom is -0.385 e. The number of aryl methyl sites for hydroxylation is 1. The van der Waals surface area contributed by atoms with E-state index < -0.39 is 6.10 Å². The van der Waals surface area contributed by atoms with Gasteiger partial charge in [0.2, 0.25) is 0 Å². The molecule has 1 aromatic heterocycles. The minimum atomic E-state index is -0.640. The molecule has 1 aliphatic heterocycles. The van der Waals surface area contributed by atoms with Crippen LogP contribution in [-0.2, 0) is 7.05 Å². The number of piperidine rings is 1. The Balaban J connectivity index is 1.70. The maximum Gasteiger partial charge on any atom is 0.253 e. The first kappa shape index (κ1) is 17.7. The first-order chi connectivity index (χ1) is 12.0. The summed E-state index contributed by atoms with van der Waals surface area (Å²) in [4.78, 5) is 18.9. The number of rotatable bonds is 4. The molecule has 1 N–H and O–H groups in total. The van der Waals surface area contributed by atoms with Crippen LogP contribution in [0.25, 0.3) is 0 Å². The molecule has 0 spiro atoms. The maximum atomic E-state index is 12.8. The van der Waals surface area contributed by atoms with Gasteiger partial charge in [0, 0.05) is 44.0 Å². The molecule has 0 aliphatic carbocycles. The topological polar surface area (TPSA) is 58.4 Å². The van der Waals surface area contributed by atoms with Crippen LogP contribution in [0.5, 0.6) is 0 Å². The van der Waals surface area contributed by atoms with Crippen LogP contribution >= 0.6 is 0 Å². The predicted octanol–water partition coefficient (Wildman–Crippen LogP) is 3.13. The lowest BCUT2D eigenvalue weighted by Crippen LogP contribution is -2.42. The SMILES string of the molecule is CC(C)c1ccc(C(=O)N2CCCC(C(O)c3nccn3C)C2)cc1. The van der Waals surface area contributed by atoms with Crippen LogP contribution < -0.4 is 0 Å². The lowest BCUT2D eigenvalue weighted by molar-refractivity contribution is 0.0358. The van der Waals surface area contributed by atoms with E-state index in [1.165, 1.54) is 5.56 Å². The van der Waals surface area contributed by atoms with Crippen molar-refractivity contribution in [2.75, 3.05) is 13.1 Å². The Morgan fingerprint density at radius 1 is 1.28 bits per heavy atom. The maximum absolute atomic E-state index is 12.8. The molecule has 0 radical (unpaired) electrons. The van der Waals surface area contributed by atoms with Crippen molar-refractivity contribution in [1.82, 2.24) is 14.5 Å². The van der Waals surface area contributed by atoms with E-state index in [-0.39, 0.29) is 11.8 Å². The van der Waals surface area contributed by atoms with Gasteiger partial charge in [0.25, 0.3) is 5.91 Å². The molecule has 5 nitrogen and oxygen atoms in total. The van der Waals surface area contributed by atoms with Gasteiger partial charge < -0.3 is 14.6 Å². The largest absolute Gasteiger partial charge is 0.385 e. The van der Waals surface area contributed by atoms with Crippen LogP contribution in [0, 0.1) is 5.92 Å². The second-order valence-corrected chi connectivity index (χ2v) is 7.27. The van der Waals surface area contributed by atoms with Gasteiger partial charge in [-0.3, -0.25) is 4.79 Å². The Kier molecular flexibility index (Phi) is 5.23. The van der Waals surface area contributed by atoms with Crippen molar-refractivity contribution >= 4 is 5.91 Å². The van der Waals surface area contributed by atoms with Gasteiger partial charge in [0.15, 0.2) is 0 Å². The molecule has 2 aromatic rings. The first-order valence-electron chi connectivity index (χ1n) is 9.02. The van der Waals surface area contributed by atoms with E-state index in [1.54, 1.807) is 6.20 Å². The molecule has 2 unspecified atom stereocenters. The molecular formula is C20H27N3O2. The van der Waals surface area contributed by atoms with E-state index in [0.29, 0.717) is 18.3 Å². The predicted molar refractivity (Wildman–Crippen MR) is 97.3 cm³/mol. The number of aromatic nitrogens is 2. The van der Waals surface area contributed by atoms with Crippen molar-refractivity contribution < 1.29 is 9.90 Å². The summed E-state index contributed by atoms with van der Waals surface area (Å²) in [5.41, 5.74) is 1.95. The highest BCUT2D eigenvalue weighted by molar-refractivity contribution is 5.94. The molecule has 1 aromatic carbocycles. The van der Waals surface area contributed by atoms with Gasteiger partial charge in [-0.25, -0.2) is 4.98 Å². The highest BCUT2D eigenvalue weighted by Crippen LogP contribution is 2.29. The van der Waals surface area contributed by atoms with Crippen LogP contribution in [0.2, 0.25) is 0 Å². The van der Waals surface area contributed by atoms with Gasteiger partial charge in [-0.2, -0.15) is 0 Å². The standard InChI is InChI=1S/C20H27N3O2/c1-14(2)15-6-8-16(9-7-15)20(25)23-11-4-5-17(13-23)18(24)19-21-10-12-22(19)3/h6-10,12,14,17-18,24H,4-5,11,13H2,1-3H3. The average Bonchev–Trinajstić information content (AvgIpc) is 3.06. The number of hydrogen-bond donors (Lipinski definition) is 1. The van der Waals surface area contributed by atoms with E-state index in [1.807, 2.05) is 47.0 Å². The third kappa shape index (κ3) is 3.76. The Morgan fingerprint density at radius 3 is 2.60 bits per heavy atom. The minimum absolute atomic E-state index is 0.0220. The van der Waals surface area contributed by atoms with Crippen LogP contribution in [0.4, 0.5) is 0 Å². The molecule has 25 heavy (non-hydrogen) atoms. The van der Waals surface area contributed by atoms with Gasteiger partial charge >= 0.3 is 0 Å². The van der Waals surface area contributed by atoms with E-state index in [0.717, 1.165) is 24.9 Å². The zero-order valence-corrected chi connectivity index (χ0v) is 15.2. The molecule has 2 heterocycles. The Labute approximate surface area is 149 Å². The molecule has 0 saturated carbocycles. The average molecular weight is 341 g/mol. The summed E-state index contributed by atoms with van der Waals surface area (Å²) in [5.74, 6) is 1.19. The number of carbonyl (C=O) groups is 1. The lowest BCUT2D eigenvalue weighted by atomic mass is 9.91. The Morgan fingerprint density at radius 2 is 2.00 bits per heavy atom. The summed E-state index contributed by atoms with van der Waals surface area (Å²) in [6.45, 7) is 5.60. The summed E-state index contributed by atoms with van der Waals surface area (Å²) in [6.07, 6.45) is 4.70. The van der Waals surface area contributed by atoms with Crippen LogP contribution in [-0.4, -0.2) is 38.6 Å². The number of likely N-dealkylation sites (tertiary alicyclic amines) is 1. The number of benzene rings is 1. The fourth-order valence-corrected chi connectivity index (χ4v) is 3.52. The molecule has 1 fully saturated rings. The molecule has 2 atom stereocenters. The zero-order valence-electron chi connectivity index (χ0n) is 15.2. The molecule has 134 valence electrons. The van der Waals surface area contributed by atoms with Crippen molar-refractivity contribution in [2.45, 2.75) is 38.7 Å². The molecular weight excluding hydrogens is 314 g/mol. The van der Waals surface area contributed by atoms with Crippen molar-refractivity contribution in [3.05, 3.63) is 53.6 Å². The van der Waals surface area contributed by atoms with Crippen molar-refractivity contribution in [3.8, 4) is 0 Å². The number of amides is 1. The molecule has 5 heteroatoms. The van der Waals surface area contributed by atoms with Crippen molar-refractivity contribution in [1.29, 1.82) is 0 Å². The number of nitrogens with zero attached hydrogens (tertiary/aromatic N) is 3. The normalized spacial score (nSPS) is 19.2. The monoisotopic (exact) mass is 341 g/mol. The smallest absolute Gasteiger partial charge is 0.253 e. The van der Waals surface area contributed by atoms with Gasteiger partial charge in [0.1, 0.15) is 11.9 Å². The summed E-state index contributed by atoms with van der Waals surface area (Å²) in [5, 5.41) is 10.7. The van der Waals surface area contributed by atoms with E-state index in [2.05, 4.69) is 18.8 Å². The van der Waals surface area contributed by atoms with Gasteiger partial charge in [-0.05, 0) is 36.5 Å². The number of aliphatic hydroxyl groups excluding tert-OH is 1. The third-order valence-corrected chi connectivity index (χ3v) is 5.14. The number of aliphatic hydroxyl groups is 1. The Bertz CT molecular complexity index is 721. The lowest BCUT2D eigenvalue weighted by Gasteiger charge is -2.35. The second kappa shape index (κ2) is 7.40. The highest BCUT2D eigenvalue weighted by atomic mass is 16.3. The van der Waals surface area contributed by atoms with E-state index in [9.17, 15) is 9.90 Å². The molecule has 1 amide bonds. The van der Waals surface area contributed by atoms with Crippen LogP contribution in [0.1, 0.15) is 60.5 Å². The summed E-state index contributed by atoms with van der Waals surface area (Å²) >= 11 is 0. The summed E-state index contributed by atoms with van der Waals surface area (Å²) in [6, 6.07) is 7.89. The van der Waals surface area contributed by atoms with Crippen LogP contribution in [0.3, 0.4) is 0 Å². The van der Waals surface area contributed by atoms with Crippen LogP contribution in [0.15, 0.2) is 36.7 Å². The summed E-state index contributed by atoms with van der Waals surface area (Å²) < 4.78 is 1.84. The van der Waals surface area contributed by atoms with Crippen molar-refractivity contribution in [3.63, 3.8) is 0 Å². The molecule has 0 bridgehead atoms. The number of hydrogen-bond acceptors (Lipinski definition) is 3. The first-order valence-corrected chi connectivity index (χ1v) is 9.02. The molecule has 3 rings (SSSR count). The zero-order chi connectivity index (χ0) is 18.0. The van der Waals surface area contributed by atoms with E-state index in [4.69, 9.17) is 0 Å². The highest BCUT2D eigenvalue weighted by Gasteiger charge is 2.31. The molecule has 1 saturated heterocycles. The fraction of sp³-hybridized carbons (Fsp3) is 0.500. The second-order valence-electron chi connectivity index (χ2n) is 7.27. The number of imidazole rings is 1. The Hall–Kier alpha value is -2.14. The van der Waals surface area contributed by atoms with Crippen molar-refractivity contribution in [2.24, 2.45) is 13.0 Å². The van der Waals surface area contributed by atoms with Gasteiger partial charge in [-0.15, -0.1) is 0 Å². The van der Waals surface area contributed by atoms with Gasteiger partial charge in [0.05, 0.1) is 0 Å². The third-order valence-electron chi connectivity index (χ3n) is 5.14.